The normalized spacial score (nSPS) is 17.8. The highest BCUT2D eigenvalue weighted by Gasteiger charge is 2.22. The maximum absolute atomic E-state index is 6.64. The fourth-order valence-electron chi connectivity index (χ4n) is 3.10. The SMILES string of the molecule is COc1ccc(C(Cl)CN(C)C2CCCCC2)c(OC)c1. The summed E-state index contributed by atoms with van der Waals surface area (Å²) in [6.07, 6.45) is 6.64. The van der Waals surface area contributed by atoms with E-state index in [2.05, 4.69) is 11.9 Å². The number of methoxy groups -OCH3 is 2. The van der Waals surface area contributed by atoms with Gasteiger partial charge in [0.25, 0.3) is 0 Å². The summed E-state index contributed by atoms with van der Waals surface area (Å²) >= 11 is 6.64. The first kappa shape index (κ1) is 16.4. The third kappa shape index (κ3) is 4.27. The summed E-state index contributed by atoms with van der Waals surface area (Å²) in [5, 5.41) is -0.0715. The maximum Gasteiger partial charge on any atom is 0.127 e. The molecule has 0 aliphatic heterocycles. The van der Waals surface area contributed by atoms with Crippen molar-refractivity contribution in [2.24, 2.45) is 0 Å². The molecule has 118 valence electrons. The van der Waals surface area contributed by atoms with Gasteiger partial charge in [0.05, 0.1) is 19.6 Å². The van der Waals surface area contributed by atoms with Gasteiger partial charge < -0.3 is 14.4 Å². The number of hydrogen-bond acceptors (Lipinski definition) is 3. The Morgan fingerprint density at radius 3 is 2.52 bits per heavy atom. The molecule has 1 saturated carbocycles. The van der Waals surface area contributed by atoms with Gasteiger partial charge in [-0.2, -0.15) is 0 Å². The van der Waals surface area contributed by atoms with Crippen LogP contribution in [0.15, 0.2) is 18.2 Å². The van der Waals surface area contributed by atoms with Crippen LogP contribution in [0.4, 0.5) is 0 Å². The van der Waals surface area contributed by atoms with Crippen molar-refractivity contribution in [2.45, 2.75) is 43.5 Å². The van der Waals surface area contributed by atoms with Gasteiger partial charge in [0, 0.05) is 24.2 Å². The van der Waals surface area contributed by atoms with Crippen LogP contribution in [0.1, 0.15) is 43.0 Å². The van der Waals surface area contributed by atoms with E-state index in [0.29, 0.717) is 6.04 Å². The van der Waals surface area contributed by atoms with E-state index in [1.54, 1.807) is 14.2 Å². The van der Waals surface area contributed by atoms with Crippen LogP contribution >= 0.6 is 11.6 Å². The van der Waals surface area contributed by atoms with Crippen LogP contribution in [0.5, 0.6) is 11.5 Å². The van der Waals surface area contributed by atoms with Crippen LogP contribution < -0.4 is 9.47 Å². The van der Waals surface area contributed by atoms with E-state index in [4.69, 9.17) is 21.1 Å². The molecule has 0 aromatic heterocycles. The summed E-state index contributed by atoms with van der Waals surface area (Å²) in [7, 11) is 5.51. The standard InChI is InChI=1S/C17H26ClNO2/c1-19(13-7-5-4-6-8-13)12-16(18)15-10-9-14(20-2)11-17(15)21-3/h9-11,13,16H,4-8,12H2,1-3H3. The van der Waals surface area contributed by atoms with E-state index in [9.17, 15) is 0 Å². The van der Waals surface area contributed by atoms with Crippen molar-refractivity contribution in [1.29, 1.82) is 0 Å². The quantitative estimate of drug-likeness (QED) is 0.733. The highest BCUT2D eigenvalue weighted by Crippen LogP contribution is 2.34. The summed E-state index contributed by atoms with van der Waals surface area (Å²) in [6.45, 7) is 0.842. The van der Waals surface area contributed by atoms with E-state index in [1.807, 2.05) is 18.2 Å². The molecule has 0 amide bonds. The van der Waals surface area contributed by atoms with E-state index in [-0.39, 0.29) is 5.38 Å². The number of halogens is 1. The first-order chi connectivity index (χ1) is 10.2. The lowest BCUT2D eigenvalue weighted by Crippen LogP contribution is -2.35. The van der Waals surface area contributed by atoms with Crippen LogP contribution in [-0.2, 0) is 0 Å². The highest BCUT2D eigenvalue weighted by molar-refractivity contribution is 6.21. The Morgan fingerprint density at radius 1 is 1.19 bits per heavy atom. The second kappa shape index (κ2) is 7.90. The molecule has 0 heterocycles. The van der Waals surface area contributed by atoms with E-state index in [1.165, 1.54) is 32.1 Å². The molecular weight excluding hydrogens is 286 g/mol. The summed E-state index contributed by atoms with van der Waals surface area (Å²) in [4.78, 5) is 2.40. The zero-order chi connectivity index (χ0) is 15.2. The van der Waals surface area contributed by atoms with Crippen LogP contribution in [0.2, 0.25) is 0 Å². The topological polar surface area (TPSA) is 21.7 Å². The fourth-order valence-corrected chi connectivity index (χ4v) is 3.50. The lowest BCUT2D eigenvalue weighted by molar-refractivity contribution is 0.191. The predicted octanol–water partition coefficient (Wildman–Crippen LogP) is 4.25. The molecule has 1 aromatic rings. The molecule has 0 spiro atoms. The van der Waals surface area contributed by atoms with Crippen molar-refractivity contribution >= 4 is 11.6 Å². The first-order valence-corrected chi connectivity index (χ1v) is 8.15. The minimum absolute atomic E-state index is 0.0715. The fraction of sp³-hybridized carbons (Fsp3) is 0.647. The highest BCUT2D eigenvalue weighted by atomic mass is 35.5. The molecule has 4 heteroatoms. The average Bonchev–Trinajstić information content (AvgIpc) is 2.54. The van der Waals surface area contributed by atoms with Gasteiger partial charge in [-0.15, -0.1) is 11.6 Å². The van der Waals surface area contributed by atoms with Gasteiger partial charge in [0.15, 0.2) is 0 Å². The molecule has 1 unspecified atom stereocenters. The van der Waals surface area contributed by atoms with Gasteiger partial charge in [0.1, 0.15) is 11.5 Å². The Balaban J connectivity index is 2.03. The summed E-state index contributed by atoms with van der Waals surface area (Å²) in [6, 6.07) is 6.51. The summed E-state index contributed by atoms with van der Waals surface area (Å²) in [5.74, 6) is 1.59. The molecule has 2 rings (SSSR count). The molecule has 0 bridgehead atoms. The molecule has 1 fully saturated rings. The molecule has 1 aromatic carbocycles. The minimum atomic E-state index is -0.0715. The van der Waals surface area contributed by atoms with Crippen molar-refractivity contribution in [2.75, 3.05) is 27.8 Å². The summed E-state index contributed by atoms with van der Waals surface area (Å²) < 4.78 is 10.7. The van der Waals surface area contributed by atoms with Gasteiger partial charge in [0.2, 0.25) is 0 Å². The molecular formula is C17H26ClNO2. The number of alkyl halides is 1. The zero-order valence-corrected chi connectivity index (χ0v) is 14.0. The van der Waals surface area contributed by atoms with Crippen molar-refractivity contribution in [3.8, 4) is 11.5 Å². The van der Waals surface area contributed by atoms with Gasteiger partial charge in [-0.1, -0.05) is 25.3 Å². The number of ether oxygens (including phenoxy) is 2. The third-order valence-electron chi connectivity index (χ3n) is 4.42. The van der Waals surface area contributed by atoms with E-state index < -0.39 is 0 Å². The molecule has 21 heavy (non-hydrogen) atoms. The second-order valence-electron chi connectivity index (χ2n) is 5.81. The first-order valence-electron chi connectivity index (χ1n) is 7.72. The third-order valence-corrected chi connectivity index (χ3v) is 4.80. The number of rotatable bonds is 6. The molecule has 0 radical (unpaired) electrons. The molecule has 1 aliphatic rings. The van der Waals surface area contributed by atoms with Crippen molar-refractivity contribution in [3.63, 3.8) is 0 Å². The lowest BCUT2D eigenvalue weighted by atomic mass is 9.94. The monoisotopic (exact) mass is 311 g/mol. The molecule has 1 atom stereocenters. The summed E-state index contributed by atoms with van der Waals surface area (Å²) in [5.41, 5.74) is 1.03. The Bertz CT molecular complexity index is 446. The minimum Gasteiger partial charge on any atom is -0.497 e. The Hall–Kier alpha value is -0.930. The maximum atomic E-state index is 6.64. The van der Waals surface area contributed by atoms with Crippen LogP contribution in [0.25, 0.3) is 0 Å². The molecule has 0 saturated heterocycles. The smallest absolute Gasteiger partial charge is 0.127 e. The number of likely N-dealkylation sites (N-methyl/N-ethyl adjacent to an activating group) is 1. The van der Waals surface area contributed by atoms with Gasteiger partial charge in [-0.3, -0.25) is 0 Å². The van der Waals surface area contributed by atoms with Crippen molar-refractivity contribution < 1.29 is 9.47 Å². The Labute approximate surface area is 133 Å². The number of hydrogen-bond donors (Lipinski definition) is 0. The van der Waals surface area contributed by atoms with Crippen LogP contribution in [0, 0.1) is 0 Å². The molecule has 3 nitrogen and oxygen atoms in total. The van der Waals surface area contributed by atoms with Gasteiger partial charge in [-0.05, 0) is 26.0 Å². The van der Waals surface area contributed by atoms with Crippen LogP contribution in [-0.4, -0.2) is 38.8 Å². The number of benzene rings is 1. The molecule has 0 N–H and O–H groups in total. The Kier molecular flexibility index (Phi) is 6.19. The van der Waals surface area contributed by atoms with E-state index >= 15 is 0 Å². The zero-order valence-electron chi connectivity index (χ0n) is 13.3. The lowest BCUT2D eigenvalue weighted by Gasteiger charge is -2.32. The second-order valence-corrected chi connectivity index (χ2v) is 6.33. The van der Waals surface area contributed by atoms with Gasteiger partial charge >= 0.3 is 0 Å². The van der Waals surface area contributed by atoms with Gasteiger partial charge in [-0.25, -0.2) is 0 Å². The number of nitrogens with zero attached hydrogens (tertiary/aromatic N) is 1. The average molecular weight is 312 g/mol. The van der Waals surface area contributed by atoms with Crippen molar-refractivity contribution in [1.82, 2.24) is 4.90 Å². The predicted molar refractivity (Wildman–Crippen MR) is 87.6 cm³/mol. The van der Waals surface area contributed by atoms with Crippen LogP contribution in [0.3, 0.4) is 0 Å². The van der Waals surface area contributed by atoms with E-state index in [0.717, 1.165) is 23.6 Å². The molecule has 1 aliphatic carbocycles. The van der Waals surface area contributed by atoms with Crippen molar-refractivity contribution in [3.05, 3.63) is 23.8 Å². The largest absolute Gasteiger partial charge is 0.497 e. The Morgan fingerprint density at radius 2 is 1.90 bits per heavy atom.